The Hall–Kier alpha value is -0.0900. The lowest BCUT2D eigenvalue weighted by Gasteiger charge is -2.37. The summed E-state index contributed by atoms with van der Waals surface area (Å²) in [6.07, 6.45) is 7.42. The quantitative estimate of drug-likeness (QED) is 0.845. The number of hydrogen-bond donors (Lipinski definition) is 1. The lowest BCUT2D eigenvalue weighted by molar-refractivity contribution is 0.176. The Labute approximate surface area is 118 Å². The summed E-state index contributed by atoms with van der Waals surface area (Å²) in [4.78, 5) is 0. The van der Waals surface area contributed by atoms with E-state index < -0.39 is 9.84 Å². The van der Waals surface area contributed by atoms with Gasteiger partial charge in [0.1, 0.15) is 0 Å². The monoisotopic (exact) mass is 287 g/mol. The van der Waals surface area contributed by atoms with Crippen molar-refractivity contribution < 1.29 is 8.42 Å². The highest BCUT2D eigenvalue weighted by Gasteiger charge is 2.38. The van der Waals surface area contributed by atoms with Gasteiger partial charge in [-0.05, 0) is 43.6 Å². The van der Waals surface area contributed by atoms with Crippen LogP contribution in [0.2, 0.25) is 0 Å². The van der Waals surface area contributed by atoms with Crippen molar-refractivity contribution in [2.24, 2.45) is 17.8 Å². The Morgan fingerprint density at radius 1 is 1.16 bits per heavy atom. The maximum Gasteiger partial charge on any atom is 0.150 e. The van der Waals surface area contributed by atoms with Gasteiger partial charge < -0.3 is 5.32 Å². The standard InChI is InChI=1S/C15H29NO2S/c1-3-12-6-5-7-13(10-12)15(16-4-2)14-8-9-19(17,18)11-14/h12-16H,3-11H2,1-2H3. The van der Waals surface area contributed by atoms with E-state index in [9.17, 15) is 8.42 Å². The van der Waals surface area contributed by atoms with Crippen LogP contribution in [0.1, 0.15) is 52.4 Å². The Balaban J connectivity index is 2.03. The number of nitrogens with one attached hydrogen (secondary N) is 1. The fraction of sp³-hybridized carbons (Fsp3) is 1.00. The summed E-state index contributed by atoms with van der Waals surface area (Å²) in [6.45, 7) is 5.38. The van der Waals surface area contributed by atoms with Gasteiger partial charge in [0, 0.05) is 6.04 Å². The topological polar surface area (TPSA) is 46.2 Å². The van der Waals surface area contributed by atoms with Gasteiger partial charge in [-0.2, -0.15) is 0 Å². The van der Waals surface area contributed by atoms with Gasteiger partial charge in [-0.15, -0.1) is 0 Å². The Morgan fingerprint density at radius 3 is 2.53 bits per heavy atom. The average molecular weight is 287 g/mol. The second-order valence-electron chi connectivity index (χ2n) is 6.45. The van der Waals surface area contributed by atoms with E-state index in [0.29, 0.717) is 29.4 Å². The van der Waals surface area contributed by atoms with E-state index in [-0.39, 0.29) is 0 Å². The van der Waals surface area contributed by atoms with E-state index in [4.69, 9.17) is 0 Å². The molecule has 0 bridgehead atoms. The van der Waals surface area contributed by atoms with Crippen molar-refractivity contribution in [2.75, 3.05) is 18.1 Å². The summed E-state index contributed by atoms with van der Waals surface area (Å²) in [5, 5.41) is 3.61. The number of hydrogen-bond acceptors (Lipinski definition) is 3. The number of rotatable bonds is 5. The molecule has 1 saturated carbocycles. The van der Waals surface area contributed by atoms with Crippen LogP contribution in [-0.2, 0) is 9.84 Å². The van der Waals surface area contributed by atoms with Crippen molar-refractivity contribution in [2.45, 2.75) is 58.4 Å². The van der Waals surface area contributed by atoms with Crippen molar-refractivity contribution in [1.82, 2.24) is 5.32 Å². The first-order valence-electron chi connectivity index (χ1n) is 7.99. The molecule has 0 aromatic rings. The lowest BCUT2D eigenvalue weighted by atomic mass is 9.73. The molecule has 4 heteroatoms. The second kappa shape index (κ2) is 6.57. The van der Waals surface area contributed by atoms with Gasteiger partial charge in [0.25, 0.3) is 0 Å². The van der Waals surface area contributed by atoms with Crippen molar-refractivity contribution in [3.05, 3.63) is 0 Å². The third kappa shape index (κ3) is 3.94. The van der Waals surface area contributed by atoms with Crippen molar-refractivity contribution in [3.63, 3.8) is 0 Å². The van der Waals surface area contributed by atoms with E-state index in [0.717, 1.165) is 18.9 Å². The summed E-state index contributed by atoms with van der Waals surface area (Å²) in [6, 6.07) is 0.427. The van der Waals surface area contributed by atoms with Crippen LogP contribution in [0.5, 0.6) is 0 Å². The fourth-order valence-corrected chi connectivity index (χ4v) is 5.95. The minimum atomic E-state index is -2.76. The second-order valence-corrected chi connectivity index (χ2v) is 8.68. The third-order valence-electron chi connectivity index (χ3n) is 5.12. The largest absolute Gasteiger partial charge is 0.314 e. The van der Waals surface area contributed by atoms with Gasteiger partial charge >= 0.3 is 0 Å². The minimum Gasteiger partial charge on any atom is -0.314 e. The first-order valence-corrected chi connectivity index (χ1v) is 9.81. The van der Waals surface area contributed by atoms with E-state index in [1.807, 2.05) is 0 Å². The molecule has 2 aliphatic rings. The molecule has 0 amide bonds. The van der Waals surface area contributed by atoms with Crippen LogP contribution in [-0.4, -0.2) is 32.5 Å². The molecule has 1 N–H and O–H groups in total. The number of sulfone groups is 1. The zero-order valence-corrected chi connectivity index (χ0v) is 13.2. The van der Waals surface area contributed by atoms with Crippen LogP contribution >= 0.6 is 0 Å². The van der Waals surface area contributed by atoms with Gasteiger partial charge in [-0.25, -0.2) is 8.42 Å². The Bertz CT molecular complexity index is 380. The molecule has 2 rings (SSSR count). The molecular formula is C15H29NO2S. The van der Waals surface area contributed by atoms with Gasteiger partial charge in [-0.1, -0.05) is 33.1 Å². The molecule has 2 fully saturated rings. The average Bonchev–Trinajstić information content (AvgIpc) is 2.76. The molecule has 0 aromatic heterocycles. The highest BCUT2D eigenvalue weighted by molar-refractivity contribution is 7.91. The molecule has 1 aliphatic carbocycles. The van der Waals surface area contributed by atoms with E-state index in [1.165, 1.54) is 32.1 Å². The fourth-order valence-electron chi connectivity index (χ4n) is 4.09. The smallest absolute Gasteiger partial charge is 0.150 e. The zero-order valence-electron chi connectivity index (χ0n) is 12.4. The molecule has 1 saturated heterocycles. The molecule has 112 valence electrons. The molecule has 0 aromatic carbocycles. The summed E-state index contributed by atoms with van der Waals surface area (Å²) in [7, 11) is -2.76. The van der Waals surface area contributed by atoms with Crippen LogP contribution in [0.25, 0.3) is 0 Å². The molecule has 3 nitrogen and oxygen atoms in total. The van der Waals surface area contributed by atoms with Crippen LogP contribution in [0.15, 0.2) is 0 Å². The van der Waals surface area contributed by atoms with Crippen LogP contribution in [0.4, 0.5) is 0 Å². The first-order chi connectivity index (χ1) is 9.05. The van der Waals surface area contributed by atoms with Gasteiger partial charge in [0.05, 0.1) is 11.5 Å². The summed E-state index contributed by atoms with van der Waals surface area (Å²) in [5.41, 5.74) is 0. The summed E-state index contributed by atoms with van der Waals surface area (Å²) in [5.74, 6) is 2.72. The van der Waals surface area contributed by atoms with Gasteiger partial charge in [-0.3, -0.25) is 0 Å². The van der Waals surface area contributed by atoms with Gasteiger partial charge in [0.15, 0.2) is 9.84 Å². The third-order valence-corrected chi connectivity index (χ3v) is 6.92. The maximum atomic E-state index is 11.7. The van der Waals surface area contributed by atoms with Crippen molar-refractivity contribution in [3.8, 4) is 0 Å². The highest BCUT2D eigenvalue weighted by atomic mass is 32.2. The summed E-state index contributed by atoms with van der Waals surface area (Å²) >= 11 is 0. The van der Waals surface area contributed by atoms with Gasteiger partial charge in [0.2, 0.25) is 0 Å². The van der Waals surface area contributed by atoms with Crippen LogP contribution < -0.4 is 5.32 Å². The summed E-state index contributed by atoms with van der Waals surface area (Å²) < 4.78 is 23.5. The van der Waals surface area contributed by atoms with E-state index in [1.54, 1.807) is 0 Å². The minimum absolute atomic E-state index is 0.352. The van der Waals surface area contributed by atoms with Crippen LogP contribution in [0, 0.1) is 17.8 Å². The van der Waals surface area contributed by atoms with E-state index in [2.05, 4.69) is 19.2 Å². The van der Waals surface area contributed by atoms with Crippen LogP contribution in [0.3, 0.4) is 0 Å². The molecule has 0 spiro atoms. The SMILES string of the molecule is CCNC(C1CCCC(CC)C1)C1CCS(=O)(=O)C1. The van der Waals surface area contributed by atoms with Crippen molar-refractivity contribution in [1.29, 1.82) is 0 Å². The zero-order chi connectivity index (χ0) is 13.9. The molecular weight excluding hydrogens is 258 g/mol. The normalized spacial score (nSPS) is 36.2. The molecule has 19 heavy (non-hydrogen) atoms. The predicted molar refractivity (Wildman–Crippen MR) is 80.0 cm³/mol. The Kier molecular flexibility index (Phi) is 5.29. The lowest BCUT2D eigenvalue weighted by Crippen LogP contribution is -2.44. The Morgan fingerprint density at radius 2 is 1.95 bits per heavy atom. The molecule has 1 heterocycles. The molecule has 4 atom stereocenters. The van der Waals surface area contributed by atoms with E-state index >= 15 is 0 Å². The molecule has 1 aliphatic heterocycles. The molecule has 0 radical (unpaired) electrons. The highest BCUT2D eigenvalue weighted by Crippen LogP contribution is 2.37. The van der Waals surface area contributed by atoms with Crippen molar-refractivity contribution >= 4 is 9.84 Å². The predicted octanol–water partition coefficient (Wildman–Crippen LogP) is 2.62. The first kappa shape index (κ1) is 15.3. The maximum absolute atomic E-state index is 11.7. The molecule has 4 unspecified atom stereocenters.